The number of carbonyl (C=O) groups excluding carboxylic acids is 3. The predicted molar refractivity (Wildman–Crippen MR) is 132 cm³/mol. The van der Waals surface area contributed by atoms with Crippen molar-refractivity contribution in [2.45, 2.75) is 32.4 Å². The molecular weight excluding hydrogens is 478 g/mol. The van der Waals surface area contributed by atoms with Crippen molar-refractivity contribution in [3.05, 3.63) is 45.2 Å². The molecule has 1 N–H and O–H groups in total. The van der Waals surface area contributed by atoms with Gasteiger partial charge in [0.25, 0.3) is 11.5 Å². The van der Waals surface area contributed by atoms with E-state index in [1.54, 1.807) is 29.3 Å². The molecule has 0 aliphatic carbocycles. The highest BCUT2D eigenvalue weighted by molar-refractivity contribution is 8.26. The van der Waals surface area contributed by atoms with E-state index in [1.165, 1.54) is 22.5 Å². The first-order valence-corrected chi connectivity index (χ1v) is 11.8. The number of pyridine rings is 1. The first-order valence-electron chi connectivity index (χ1n) is 10.6. The van der Waals surface area contributed by atoms with Crippen LogP contribution in [-0.2, 0) is 19.1 Å². The molecule has 10 nitrogen and oxygen atoms in total. The van der Waals surface area contributed by atoms with Crippen LogP contribution in [0.2, 0.25) is 0 Å². The van der Waals surface area contributed by atoms with E-state index in [-0.39, 0.29) is 35.7 Å². The molecule has 2 aliphatic rings. The van der Waals surface area contributed by atoms with Gasteiger partial charge in [-0.25, -0.2) is 4.98 Å². The lowest BCUT2D eigenvalue weighted by Gasteiger charge is -2.36. The lowest BCUT2D eigenvalue weighted by atomic mass is 10.1. The van der Waals surface area contributed by atoms with Crippen molar-refractivity contribution in [3.63, 3.8) is 0 Å². The van der Waals surface area contributed by atoms with Gasteiger partial charge in [0, 0.05) is 25.3 Å². The van der Waals surface area contributed by atoms with Crippen molar-refractivity contribution in [2.75, 3.05) is 25.1 Å². The minimum absolute atomic E-state index is 0.135. The van der Waals surface area contributed by atoms with Crippen LogP contribution in [0.15, 0.2) is 34.1 Å². The Morgan fingerprint density at radius 3 is 2.79 bits per heavy atom. The van der Waals surface area contributed by atoms with E-state index in [0.717, 1.165) is 11.8 Å². The highest BCUT2D eigenvalue weighted by Gasteiger charge is 2.37. The number of thiocarbonyl (C=S) groups is 1. The number of aromatic nitrogens is 2. The Morgan fingerprint density at radius 2 is 2.12 bits per heavy atom. The lowest BCUT2D eigenvalue weighted by molar-refractivity contribution is -0.143. The summed E-state index contributed by atoms with van der Waals surface area (Å²) < 4.78 is 6.54. The van der Waals surface area contributed by atoms with Crippen LogP contribution in [0.3, 0.4) is 0 Å². The summed E-state index contributed by atoms with van der Waals surface area (Å²) in [4.78, 5) is 59.3. The van der Waals surface area contributed by atoms with Crippen LogP contribution in [-0.4, -0.2) is 68.7 Å². The number of ether oxygens (including phenoxy) is 1. The van der Waals surface area contributed by atoms with Gasteiger partial charge in [0.2, 0.25) is 5.91 Å². The largest absolute Gasteiger partial charge is 0.469 e. The normalized spacial score (nSPS) is 19.9. The fourth-order valence-electron chi connectivity index (χ4n) is 3.90. The average Bonchev–Trinajstić information content (AvgIpc) is 3.09. The summed E-state index contributed by atoms with van der Waals surface area (Å²) in [6.07, 6.45) is 2.85. The predicted octanol–water partition coefficient (Wildman–Crippen LogP) is 1.17. The van der Waals surface area contributed by atoms with Crippen molar-refractivity contribution in [2.24, 2.45) is 0 Å². The van der Waals surface area contributed by atoms with Crippen LogP contribution in [0.5, 0.6) is 0 Å². The number of esters is 1. The average molecular weight is 502 g/mol. The summed E-state index contributed by atoms with van der Waals surface area (Å²) in [7, 11) is 1.25. The maximum absolute atomic E-state index is 13.5. The molecule has 0 aromatic carbocycles. The van der Waals surface area contributed by atoms with Gasteiger partial charge >= 0.3 is 5.97 Å². The zero-order valence-corrected chi connectivity index (χ0v) is 20.4. The third kappa shape index (κ3) is 4.30. The quantitative estimate of drug-likeness (QED) is 0.366. The van der Waals surface area contributed by atoms with Crippen molar-refractivity contribution >= 4 is 63.6 Å². The van der Waals surface area contributed by atoms with Crippen LogP contribution in [0, 0.1) is 0 Å². The second-order valence-corrected chi connectivity index (χ2v) is 9.68. The van der Waals surface area contributed by atoms with Crippen LogP contribution < -0.4 is 15.8 Å². The topological polar surface area (TPSA) is 113 Å². The van der Waals surface area contributed by atoms with E-state index in [0.29, 0.717) is 28.0 Å². The molecule has 2 aromatic rings. The monoisotopic (exact) mass is 501 g/mol. The third-order valence-corrected chi connectivity index (χ3v) is 6.89. The molecule has 34 heavy (non-hydrogen) atoms. The fourth-order valence-corrected chi connectivity index (χ4v) is 5.41. The Labute approximate surface area is 204 Å². The van der Waals surface area contributed by atoms with Gasteiger partial charge in [0.15, 0.2) is 0 Å². The molecule has 178 valence electrons. The van der Waals surface area contributed by atoms with E-state index >= 15 is 0 Å². The molecule has 12 heteroatoms. The minimum atomic E-state index is -0.920. The molecular formula is C22H23N5O5S2. The summed E-state index contributed by atoms with van der Waals surface area (Å²) >= 11 is 6.47. The minimum Gasteiger partial charge on any atom is -0.469 e. The van der Waals surface area contributed by atoms with Gasteiger partial charge in [-0.15, -0.1) is 0 Å². The fraction of sp³-hybridized carbons (Fsp3) is 0.364. The van der Waals surface area contributed by atoms with Crippen molar-refractivity contribution < 1.29 is 19.1 Å². The summed E-state index contributed by atoms with van der Waals surface area (Å²) in [6.45, 7) is 4.34. The molecule has 1 unspecified atom stereocenters. The number of fused-ring (bicyclic) bond motifs is 1. The standard InChI is InChI=1S/C22H23N5O5S2/c1-12(2)27-21(31)15(34-22(27)33)10-13-18(24-16-6-4-5-8-26(16)20(13)30)25-9-7-23-19(29)14(25)11-17(28)32-3/h4-6,8,10,12,14H,7,9,11H2,1-3H3,(H,23,29). The molecule has 1 atom stereocenters. The molecule has 0 bridgehead atoms. The van der Waals surface area contributed by atoms with Crippen LogP contribution in [0.25, 0.3) is 11.7 Å². The van der Waals surface area contributed by atoms with Crippen LogP contribution in [0.1, 0.15) is 25.8 Å². The van der Waals surface area contributed by atoms with Gasteiger partial charge in [-0.05, 0) is 32.1 Å². The van der Waals surface area contributed by atoms with E-state index in [2.05, 4.69) is 10.3 Å². The van der Waals surface area contributed by atoms with Crippen LogP contribution >= 0.6 is 24.0 Å². The van der Waals surface area contributed by atoms with Crippen molar-refractivity contribution in [1.82, 2.24) is 19.6 Å². The number of rotatable bonds is 5. The van der Waals surface area contributed by atoms with Gasteiger partial charge in [-0.2, -0.15) is 0 Å². The van der Waals surface area contributed by atoms with Gasteiger partial charge in [-0.1, -0.05) is 30.0 Å². The van der Waals surface area contributed by atoms with Gasteiger partial charge in [-0.3, -0.25) is 28.5 Å². The number of carbonyl (C=O) groups is 3. The SMILES string of the molecule is COC(=O)CC1C(=O)NCCN1c1nc2ccccn2c(=O)c1C=C1SC(=S)N(C(C)C)C1=O. The molecule has 2 saturated heterocycles. The summed E-state index contributed by atoms with van der Waals surface area (Å²) in [5.41, 5.74) is 0.105. The van der Waals surface area contributed by atoms with E-state index in [4.69, 9.17) is 17.0 Å². The maximum Gasteiger partial charge on any atom is 0.308 e. The molecule has 4 heterocycles. The number of methoxy groups -OCH3 is 1. The number of nitrogens with one attached hydrogen (secondary N) is 1. The van der Waals surface area contributed by atoms with Crippen LogP contribution in [0.4, 0.5) is 5.82 Å². The lowest BCUT2D eigenvalue weighted by Crippen LogP contribution is -2.57. The molecule has 0 radical (unpaired) electrons. The summed E-state index contributed by atoms with van der Waals surface area (Å²) in [5.74, 6) is -1.02. The summed E-state index contributed by atoms with van der Waals surface area (Å²) in [5, 5.41) is 2.74. The zero-order chi connectivity index (χ0) is 24.6. The third-order valence-electron chi connectivity index (χ3n) is 5.55. The number of amides is 2. The molecule has 2 amide bonds. The highest BCUT2D eigenvalue weighted by atomic mass is 32.2. The van der Waals surface area contributed by atoms with E-state index in [1.807, 2.05) is 13.8 Å². The Kier molecular flexibility index (Phi) is 6.71. The first-order chi connectivity index (χ1) is 16.2. The second-order valence-electron chi connectivity index (χ2n) is 8.01. The van der Waals surface area contributed by atoms with Gasteiger partial charge in [0.05, 0.1) is 24.0 Å². The van der Waals surface area contributed by atoms with Gasteiger partial charge in [0.1, 0.15) is 21.8 Å². The number of thioether (sulfide) groups is 1. The Morgan fingerprint density at radius 1 is 1.35 bits per heavy atom. The van der Waals surface area contributed by atoms with E-state index < -0.39 is 17.6 Å². The number of nitrogens with zero attached hydrogens (tertiary/aromatic N) is 4. The smallest absolute Gasteiger partial charge is 0.308 e. The van der Waals surface area contributed by atoms with Crippen molar-refractivity contribution in [3.8, 4) is 0 Å². The Hall–Kier alpha value is -3.25. The Bertz CT molecular complexity index is 1290. The number of anilines is 1. The molecule has 0 saturated carbocycles. The Balaban J connectivity index is 1.90. The zero-order valence-electron chi connectivity index (χ0n) is 18.8. The second kappa shape index (κ2) is 9.55. The summed E-state index contributed by atoms with van der Waals surface area (Å²) in [6, 6.07) is 4.06. The maximum atomic E-state index is 13.5. The molecule has 0 spiro atoms. The molecule has 2 fully saturated rings. The first kappa shape index (κ1) is 23.9. The molecule has 2 aromatic heterocycles. The molecule has 2 aliphatic heterocycles. The van der Waals surface area contributed by atoms with E-state index in [9.17, 15) is 19.2 Å². The van der Waals surface area contributed by atoms with Gasteiger partial charge < -0.3 is 15.0 Å². The number of piperazine rings is 1. The number of hydrogen-bond acceptors (Lipinski definition) is 9. The number of hydrogen-bond donors (Lipinski definition) is 1. The van der Waals surface area contributed by atoms with Crippen molar-refractivity contribution in [1.29, 1.82) is 0 Å². The highest BCUT2D eigenvalue weighted by Crippen LogP contribution is 2.35. The molecule has 4 rings (SSSR count).